The van der Waals surface area contributed by atoms with Crippen LogP contribution >= 0.6 is 23.2 Å². The van der Waals surface area contributed by atoms with E-state index in [1.54, 1.807) is 6.07 Å². The molecule has 1 aromatic rings. The summed E-state index contributed by atoms with van der Waals surface area (Å²) >= 11 is 10.5. The number of alkyl halides is 3. The molecule has 0 N–H and O–H groups in total. The van der Waals surface area contributed by atoms with Crippen molar-refractivity contribution in [2.45, 2.75) is 6.18 Å². The first kappa shape index (κ1) is 11.3. The largest absolute Gasteiger partial charge is 0.444 e. The lowest BCUT2D eigenvalue weighted by Gasteiger charge is -2.03. The maximum absolute atomic E-state index is 12.0. The van der Waals surface area contributed by atoms with E-state index < -0.39 is 11.3 Å². The maximum atomic E-state index is 12.0. The highest BCUT2D eigenvalue weighted by molar-refractivity contribution is 6.67. The predicted molar refractivity (Wildman–Crippen MR) is 50.5 cm³/mol. The predicted octanol–water partition coefficient (Wildman–Crippen LogP) is 4.17. The molecule has 0 aromatic heterocycles. The van der Waals surface area contributed by atoms with Gasteiger partial charge in [0.05, 0.1) is 10.7 Å². The fourth-order valence-electron chi connectivity index (χ4n) is 0.712. The summed E-state index contributed by atoms with van der Waals surface area (Å²) in [4.78, 5) is 3.15. The van der Waals surface area contributed by atoms with Gasteiger partial charge in [0.25, 0.3) is 0 Å². The van der Waals surface area contributed by atoms with Crippen LogP contribution in [0.15, 0.2) is 29.3 Å². The quantitative estimate of drug-likeness (QED) is 0.655. The minimum Gasteiger partial charge on any atom is -0.231 e. The second kappa shape index (κ2) is 4.19. The average Bonchev–Trinajstić information content (AvgIpc) is 2.07. The first-order valence-corrected chi connectivity index (χ1v) is 4.23. The Balaban J connectivity index is 3.04. The zero-order chi connectivity index (χ0) is 10.8. The standard InChI is InChI=1S/C8H4Cl2F3N/c9-5-3-1-2-4-6(5)14-7(10)8(11,12)13/h1-4H. The van der Waals surface area contributed by atoms with Gasteiger partial charge in [0.1, 0.15) is 0 Å². The summed E-state index contributed by atoms with van der Waals surface area (Å²) in [6.07, 6.45) is -4.64. The summed E-state index contributed by atoms with van der Waals surface area (Å²) < 4.78 is 35.9. The van der Waals surface area contributed by atoms with Crippen molar-refractivity contribution < 1.29 is 13.2 Å². The van der Waals surface area contributed by atoms with Gasteiger partial charge in [-0.25, -0.2) is 4.99 Å². The highest BCUT2D eigenvalue weighted by Crippen LogP contribution is 2.28. The van der Waals surface area contributed by atoms with Crippen LogP contribution in [0.5, 0.6) is 0 Å². The van der Waals surface area contributed by atoms with Gasteiger partial charge in [-0.1, -0.05) is 35.3 Å². The van der Waals surface area contributed by atoms with Crippen molar-refractivity contribution in [3.63, 3.8) is 0 Å². The van der Waals surface area contributed by atoms with Gasteiger partial charge in [-0.2, -0.15) is 13.2 Å². The zero-order valence-corrected chi connectivity index (χ0v) is 8.16. The fraction of sp³-hybridized carbons (Fsp3) is 0.125. The first-order chi connectivity index (χ1) is 6.41. The van der Waals surface area contributed by atoms with E-state index in [1.807, 2.05) is 0 Å². The van der Waals surface area contributed by atoms with Crippen LogP contribution in [-0.2, 0) is 0 Å². The first-order valence-electron chi connectivity index (χ1n) is 3.47. The number of hydrogen-bond acceptors (Lipinski definition) is 1. The van der Waals surface area contributed by atoms with Crippen LogP contribution in [0.3, 0.4) is 0 Å². The molecule has 0 radical (unpaired) electrons. The van der Waals surface area contributed by atoms with Crippen LogP contribution < -0.4 is 0 Å². The second-order valence-electron chi connectivity index (χ2n) is 2.35. The van der Waals surface area contributed by atoms with Gasteiger partial charge < -0.3 is 0 Å². The van der Waals surface area contributed by atoms with Crippen LogP contribution in [0.25, 0.3) is 0 Å². The third-order valence-corrected chi connectivity index (χ3v) is 1.92. The van der Waals surface area contributed by atoms with E-state index in [1.165, 1.54) is 18.2 Å². The van der Waals surface area contributed by atoms with Crippen molar-refractivity contribution >= 4 is 34.1 Å². The van der Waals surface area contributed by atoms with Crippen LogP contribution in [0.2, 0.25) is 5.02 Å². The number of aliphatic imine (C=N–C) groups is 1. The van der Waals surface area contributed by atoms with Gasteiger partial charge in [-0.05, 0) is 12.1 Å². The van der Waals surface area contributed by atoms with E-state index in [2.05, 4.69) is 4.99 Å². The van der Waals surface area contributed by atoms with Crippen molar-refractivity contribution in [1.29, 1.82) is 0 Å². The van der Waals surface area contributed by atoms with Crippen molar-refractivity contribution in [2.75, 3.05) is 0 Å². The molecule has 0 heterocycles. The highest BCUT2D eigenvalue weighted by atomic mass is 35.5. The monoisotopic (exact) mass is 241 g/mol. The van der Waals surface area contributed by atoms with Crippen LogP contribution in [0.1, 0.15) is 0 Å². The SMILES string of the molecule is FC(F)(F)C(Cl)=Nc1ccccc1Cl. The normalized spacial score (nSPS) is 13.1. The van der Waals surface area contributed by atoms with E-state index in [-0.39, 0.29) is 10.7 Å². The van der Waals surface area contributed by atoms with Crippen LogP contribution in [0.4, 0.5) is 18.9 Å². The van der Waals surface area contributed by atoms with Crippen LogP contribution in [-0.4, -0.2) is 11.3 Å². The van der Waals surface area contributed by atoms with E-state index >= 15 is 0 Å². The minimum atomic E-state index is -4.64. The molecule has 0 aliphatic heterocycles. The molecule has 76 valence electrons. The molecule has 6 heteroatoms. The average molecular weight is 242 g/mol. The number of hydrogen-bond donors (Lipinski definition) is 0. The lowest BCUT2D eigenvalue weighted by molar-refractivity contribution is -0.0558. The van der Waals surface area contributed by atoms with Crippen molar-refractivity contribution in [3.05, 3.63) is 29.3 Å². The molecule has 0 aliphatic rings. The van der Waals surface area contributed by atoms with Gasteiger partial charge >= 0.3 is 6.18 Å². The van der Waals surface area contributed by atoms with Gasteiger partial charge in [-0.15, -0.1) is 0 Å². The molecule has 1 rings (SSSR count). The molecular weight excluding hydrogens is 238 g/mol. The topological polar surface area (TPSA) is 12.4 Å². The lowest BCUT2D eigenvalue weighted by atomic mass is 10.3. The summed E-state index contributed by atoms with van der Waals surface area (Å²) in [7, 11) is 0. The Morgan fingerprint density at radius 2 is 1.79 bits per heavy atom. The molecular formula is C8H4Cl2F3N. The van der Waals surface area contributed by atoms with E-state index in [0.29, 0.717) is 0 Å². The Morgan fingerprint density at radius 1 is 1.21 bits per heavy atom. The highest BCUT2D eigenvalue weighted by Gasteiger charge is 2.34. The van der Waals surface area contributed by atoms with E-state index in [0.717, 1.165) is 0 Å². The molecule has 0 saturated heterocycles. The number of benzene rings is 1. The summed E-state index contributed by atoms with van der Waals surface area (Å²) in [5.74, 6) is 0. The maximum Gasteiger partial charge on any atom is 0.444 e. The Labute approximate surface area is 88.2 Å². The molecule has 1 nitrogen and oxygen atoms in total. The smallest absolute Gasteiger partial charge is 0.231 e. The summed E-state index contributed by atoms with van der Waals surface area (Å²) in [6, 6.07) is 5.88. The molecule has 0 fully saturated rings. The third kappa shape index (κ3) is 2.89. The van der Waals surface area contributed by atoms with Gasteiger partial charge in [0, 0.05) is 0 Å². The lowest BCUT2D eigenvalue weighted by Crippen LogP contribution is -2.16. The van der Waals surface area contributed by atoms with E-state index in [4.69, 9.17) is 23.2 Å². The molecule has 1 aromatic carbocycles. The van der Waals surface area contributed by atoms with E-state index in [9.17, 15) is 13.2 Å². The Kier molecular flexibility index (Phi) is 3.39. The molecule has 0 bridgehead atoms. The second-order valence-corrected chi connectivity index (χ2v) is 3.12. The molecule has 0 amide bonds. The van der Waals surface area contributed by atoms with Crippen molar-refractivity contribution in [3.8, 4) is 0 Å². The summed E-state index contributed by atoms with van der Waals surface area (Å²) in [5, 5.41) is -1.32. The Hall–Kier alpha value is -0.740. The third-order valence-electron chi connectivity index (χ3n) is 1.30. The van der Waals surface area contributed by atoms with Gasteiger partial charge in [0.15, 0.2) is 0 Å². The minimum absolute atomic E-state index is 0.00325. The summed E-state index contributed by atoms with van der Waals surface area (Å²) in [6.45, 7) is 0. The summed E-state index contributed by atoms with van der Waals surface area (Å²) in [5.41, 5.74) is -0.00325. The number of para-hydroxylation sites is 1. The van der Waals surface area contributed by atoms with Crippen molar-refractivity contribution in [1.82, 2.24) is 0 Å². The molecule has 14 heavy (non-hydrogen) atoms. The number of nitrogens with zero attached hydrogens (tertiary/aromatic N) is 1. The molecule has 0 saturated carbocycles. The number of halogens is 5. The van der Waals surface area contributed by atoms with Gasteiger partial charge in [0.2, 0.25) is 5.17 Å². The molecule has 0 aliphatic carbocycles. The van der Waals surface area contributed by atoms with Crippen LogP contribution in [0, 0.1) is 0 Å². The fourth-order valence-corrected chi connectivity index (χ4v) is 0.981. The molecule has 0 unspecified atom stereocenters. The molecule has 0 spiro atoms. The number of rotatable bonds is 1. The van der Waals surface area contributed by atoms with Gasteiger partial charge in [-0.3, -0.25) is 0 Å². The van der Waals surface area contributed by atoms with Crippen molar-refractivity contribution in [2.24, 2.45) is 4.99 Å². The Bertz CT molecular complexity index is 360. The zero-order valence-electron chi connectivity index (χ0n) is 6.65. The Morgan fingerprint density at radius 3 is 2.29 bits per heavy atom. The molecule has 0 atom stereocenters.